The highest BCUT2D eigenvalue weighted by atomic mass is 19.1. The number of rotatable bonds is 2. The molecule has 1 aromatic carbocycles. The normalized spacial score (nSPS) is 21.3. The molecule has 0 saturated carbocycles. The molecule has 0 unspecified atom stereocenters. The van der Waals surface area contributed by atoms with Gasteiger partial charge in [0, 0.05) is 11.6 Å². The fourth-order valence-electron chi connectivity index (χ4n) is 2.09. The average molecular weight is 209 g/mol. The van der Waals surface area contributed by atoms with Gasteiger partial charge in [0.25, 0.3) is 0 Å². The molecule has 1 atom stereocenters. The number of nitrogens with one attached hydrogen (secondary N) is 1. The van der Waals surface area contributed by atoms with Gasteiger partial charge in [0.05, 0.1) is 7.11 Å². The average Bonchev–Trinajstić information content (AvgIpc) is 2.30. The molecule has 1 fully saturated rings. The number of ether oxygens (including phenoxy) is 1. The van der Waals surface area contributed by atoms with Crippen LogP contribution >= 0.6 is 0 Å². The highest BCUT2D eigenvalue weighted by molar-refractivity contribution is 5.36. The first-order valence-electron chi connectivity index (χ1n) is 5.38. The largest absolute Gasteiger partial charge is 0.496 e. The van der Waals surface area contributed by atoms with Gasteiger partial charge in [-0.2, -0.15) is 0 Å². The molecule has 0 aromatic heterocycles. The van der Waals surface area contributed by atoms with E-state index < -0.39 is 0 Å². The van der Waals surface area contributed by atoms with Crippen LogP contribution in [-0.4, -0.2) is 13.7 Å². The fraction of sp³-hybridized carbons (Fsp3) is 0.500. The molecule has 1 aromatic rings. The number of hydrogen-bond donors (Lipinski definition) is 1. The smallest absolute Gasteiger partial charge is 0.123 e. The van der Waals surface area contributed by atoms with Crippen molar-refractivity contribution in [1.29, 1.82) is 0 Å². The van der Waals surface area contributed by atoms with E-state index >= 15 is 0 Å². The fourth-order valence-corrected chi connectivity index (χ4v) is 2.09. The van der Waals surface area contributed by atoms with Crippen LogP contribution in [-0.2, 0) is 0 Å². The van der Waals surface area contributed by atoms with Crippen LogP contribution in [0.3, 0.4) is 0 Å². The van der Waals surface area contributed by atoms with Gasteiger partial charge in [-0.1, -0.05) is 6.42 Å². The summed E-state index contributed by atoms with van der Waals surface area (Å²) in [6.45, 7) is 1.00. The molecule has 0 amide bonds. The van der Waals surface area contributed by atoms with E-state index in [0.29, 0.717) is 0 Å². The summed E-state index contributed by atoms with van der Waals surface area (Å²) in [5, 5.41) is 3.39. The number of piperidine rings is 1. The monoisotopic (exact) mass is 209 g/mol. The summed E-state index contributed by atoms with van der Waals surface area (Å²) < 4.78 is 18.4. The van der Waals surface area contributed by atoms with Crippen molar-refractivity contribution in [3.8, 4) is 5.75 Å². The highest BCUT2D eigenvalue weighted by Crippen LogP contribution is 2.30. The van der Waals surface area contributed by atoms with Crippen LogP contribution in [0.1, 0.15) is 30.9 Å². The molecule has 2 nitrogen and oxygen atoms in total. The molecule has 1 aliphatic heterocycles. The van der Waals surface area contributed by atoms with Crippen LogP contribution in [0.15, 0.2) is 18.2 Å². The van der Waals surface area contributed by atoms with E-state index in [2.05, 4.69) is 5.32 Å². The first-order chi connectivity index (χ1) is 7.31. The highest BCUT2D eigenvalue weighted by Gasteiger charge is 2.18. The summed E-state index contributed by atoms with van der Waals surface area (Å²) in [5.74, 6) is 0.578. The van der Waals surface area contributed by atoms with Gasteiger partial charge in [0.2, 0.25) is 0 Å². The van der Waals surface area contributed by atoms with Gasteiger partial charge in [-0.05, 0) is 37.6 Å². The Hall–Kier alpha value is -1.09. The second kappa shape index (κ2) is 4.62. The van der Waals surface area contributed by atoms with E-state index in [0.717, 1.165) is 24.3 Å². The third kappa shape index (κ3) is 2.29. The van der Waals surface area contributed by atoms with Crippen LogP contribution in [0.4, 0.5) is 4.39 Å². The van der Waals surface area contributed by atoms with E-state index in [1.54, 1.807) is 19.2 Å². The lowest BCUT2D eigenvalue weighted by molar-refractivity contribution is 0.372. The molecule has 0 radical (unpaired) electrons. The van der Waals surface area contributed by atoms with Crippen LogP contribution in [0.25, 0.3) is 0 Å². The van der Waals surface area contributed by atoms with Gasteiger partial charge >= 0.3 is 0 Å². The lowest BCUT2D eigenvalue weighted by Crippen LogP contribution is -2.27. The minimum atomic E-state index is -0.196. The van der Waals surface area contributed by atoms with Crippen molar-refractivity contribution in [2.75, 3.05) is 13.7 Å². The standard InChI is InChI=1S/C12H16FNO/c1-15-12-6-5-9(13)8-10(12)11-4-2-3-7-14-11/h5-6,8,11,14H,2-4,7H2,1H3/t11-/m0/s1. The van der Waals surface area contributed by atoms with Crippen LogP contribution in [0, 0.1) is 5.82 Å². The number of halogens is 1. The molecule has 1 N–H and O–H groups in total. The van der Waals surface area contributed by atoms with Gasteiger partial charge in [0.1, 0.15) is 11.6 Å². The number of hydrogen-bond acceptors (Lipinski definition) is 2. The number of benzene rings is 1. The van der Waals surface area contributed by atoms with Crippen molar-refractivity contribution in [3.05, 3.63) is 29.6 Å². The zero-order chi connectivity index (χ0) is 10.7. The Morgan fingerprint density at radius 3 is 2.93 bits per heavy atom. The Balaban J connectivity index is 2.27. The van der Waals surface area contributed by atoms with Crippen LogP contribution in [0.5, 0.6) is 5.75 Å². The molecule has 0 aliphatic carbocycles. The van der Waals surface area contributed by atoms with Crippen molar-refractivity contribution in [3.63, 3.8) is 0 Å². The van der Waals surface area contributed by atoms with E-state index in [1.807, 2.05) is 0 Å². The van der Waals surface area contributed by atoms with E-state index in [-0.39, 0.29) is 11.9 Å². The zero-order valence-electron chi connectivity index (χ0n) is 8.92. The summed E-state index contributed by atoms with van der Waals surface area (Å²) in [4.78, 5) is 0. The maximum atomic E-state index is 13.2. The van der Waals surface area contributed by atoms with Gasteiger partial charge in [0.15, 0.2) is 0 Å². The molecule has 1 heterocycles. The Morgan fingerprint density at radius 2 is 2.27 bits per heavy atom. The molecule has 3 heteroatoms. The molecule has 1 aliphatic rings. The topological polar surface area (TPSA) is 21.3 Å². The van der Waals surface area contributed by atoms with Crippen molar-refractivity contribution in [2.24, 2.45) is 0 Å². The molecular weight excluding hydrogens is 193 g/mol. The third-order valence-electron chi connectivity index (χ3n) is 2.88. The quantitative estimate of drug-likeness (QED) is 0.808. The molecule has 0 spiro atoms. The van der Waals surface area contributed by atoms with E-state index in [1.165, 1.54) is 18.9 Å². The summed E-state index contributed by atoms with van der Waals surface area (Å²) >= 11 is 0. The summed E-state index contributed by atoms with van der Waals surface area (Å²) in [6.07, 6.45) is 3.45. The predicted molar refractivity (Wildman–Crippen MR) is 57.5 cm³/mol. The summed E-state index contributed by atoms with van der Waals surface area (Å²) in [6, 6.07) is 4.94. The molecule has 2 rings (SSSR count). The zero-order valence-corrected chi connectivity index (χ0v) is 8.92. The Bertz CT molecular complexity index is 334. The van der Waals surface area contributed by atoms with Gasteiger partial charge in [-0.3, -0.25) is 0 Å². The van der Waals surface area contributed by atoms with Gasteiger partial charge < -0.3 is 10.1 Å². The van der Waals surface area contributed by atoms with Crippen molar-refractivity contribution in [2.45, 2.75) is 25.3 Å². The SMILES string of the molecule is COc1ccc(F)cc1[C@@H]1CCCCN1. The Morgan fingerprint density at radius 1 is 1.40 bits per heavy atom. The predicted octanol–water partition coefficient (Wildman–Crippen LogP) is 2.65. The van der Waals surface area contributed by atoms with E-state index in [4.69, 9.17) is 4.74 Å². The van der Waals surface area contributed by atoms with E-state index in [9.17, 15) is 4.39 Å². The minimum absolute atomic E-state index is 0.196. The van der Waals surface area contributed by atoms with Crippen molar-refractivity contribution in [1.82, 2.24) is 5.32 Å². The first kappa shape index (κ1) is 10.4. The summed E-state index contributed by atoms with van der Waals surface area (Å²) in [5.41, 5.74) is 0.942. The maximum Gasteiger partial charge on any atom is 0.123 e. The number of methoxy groups -OCH3 is 1. The van der Waals surface area contributed by atoms with Crippen molar-refractivity contribution < 1.29 is 9.13 Å². The molecule has 0 bridgehead atoms. The lowest BCUT2D eigenvalue weighted by Gasteiger charge is -2.25. The maximum absolute atomic E-state index is 13.2. The molecule has 1 saturated heterocycles. The van der Waals surface area contributed by atoms with Crippen LogP contribution in [0.2, 0.25) is 0 Å². The molecule has 82 valence electrons. The third-order valence-corrected chi connectivity index (χ3v) is 2.88. The van der Waals surface area contributed by atoms with Crippen LogP contribution < -0.4 is 10.1 Å². The molecular formula is C12H16FNO. The van der Waals surface area contributed by atoms with Gasteiger partial charge in [-0.15, -0.1) is 0 Å². The Labute approximate surface area is 89.4 Å². The lowest BCUT2D eigenvalue weighted by atomic mass is 9.97. The Kier molecular flexibility index (Phi) is 3.21. The van der Waals surface area contributed by atoms with Crippen molar-refractivity contribution >= 4 is 0 Å². The minimum Gasteiger partial charge on any atom is -0.496 e. The van der Waals surface area contributed by atoms with Gasteiger partial charge in [-0.25, -0.2) is 4.39 Å². The summed E-state index contributed by atoms with van der Waals surface area (Å²) in [7, 11) is 1.62. The first-order valence-corrected chi connectivity index (χ1v) is 5.38. The second-order valence-corrected chi connectivity index (χ2v) is 3.89. The second-order valence-electron chi connectivity index (χ2n) is 3.89. The molecule has 15 heavy (non-hydrogen) atoms.